The van der Waals surface area contributed by atoms with E-state index in [0.717, 1.165) is 48.9 Å². The van der Waals surface area contributed by atoms with Gasteiger partial charge in [-0.3, -0.25) is 0 Å². The van der Waals surface area contributed by atoms with Gasteiger partial charge in [-0.05, 0) is 80.1 Å². The molecule has 2 amide bonds. The molecule has 27 heavy (non-hydrogen) atoms. The summed E-state index contributed by atoms with van der Waals surface area (Å²) in [5.41, 5.74) is 4.17. The molecule has 0 atom stereocenters. The summed E-state index contributed by atoms with van der Waals surface area (Å²) in [5, 5.41) is 9.21. The van der Waals surface area contributed by atoms with Crippen molar-refractivity contribution >= 4 is 28.8 Å². The molecule has 0 bridgehead atoms. The van der Waals surface area contributed by atoms with Crippen LogP contribution in [0, 0.1) is 5.92 Å². The Labute approximate surface area is 161 Å². The van der Waals surface area contributed by atoms with Gasteiger partial charge in [-0.15, -0.1) is 0 Å². The van der Waals surface area contributed by atoms with Crippen LogP contribution < -0.4 is 20.9 Å². The first-order valence-electron chi connectivity index (χ1n) is 9.95. The molecule has 1 aliphatic heterocycles. The van der Waals surface area contributed by atoms with Gasteiger partial charge in [0.25, 0.3) is 0 Å². The summed E-state index contributed by atoms with van der Waals surface area (Å²) in [6.45, 7) is 4.64. The monoisotopic (exact) mass is 364 g/mol. The van der Waals surface area contributed by atoms with Crippen LogP contribution in [0.2, 0.25) is 0 Å². The van der Waals surface area contributed by atoms with Crippen LogP contribution in [0.5, 0.6) is 0 Å². The van der Waals surface area contributed by atoms with Crippen molar-refractivity contribution in [3.05, 3.63) is 48.5 Å². The Bertz CT molecular complexity index is 760. The third kappa shape index (κ3) is 4.94. The van der Waals surface area contributed by atoms with Gasteiger partial charge in [-0.1, -0.05) is 6.92 Å². The average molecular weight is 364 g/mol. The van der Waals surface area contributed by atoms with Gasteiger partial charge >= 0.3 is 6.03 Å². The third-order valence-corrected chi connectivity index (χ3v) is 5.36. The van der Waals surface area contributed by atoms with Crippen LogP contribution >= 0.6 is 0 Å². The Hall–Kier alpha value is -2.69. The Morgan fingerprint density at radius 1 is 0.852 bits per heavy atom. The normalized spacial score (nSPS) is 17.4. The third-order valence-electron chi connectivity index (χ3n) is 5.36. The second-order valence-corrected chi connectivity index (χ2v) is 7.79. The molecule has 1 heterocycles. The minimum Gasteiger partial charge on any atom is -0.372 e. The first kappa shape index (κ1) is 17.7. The highest BCUT2D eigenvalue weighted by atomic mass is 16.2. The lowest BCUT2D eigenvalue weighted by Gasteiger charge is -2.32. The summed E-state index contributed by atoms with van der Waals surface area (Å²) in [7, 11) is 0. The number of nitrogens with one attached hydrogen (secondary N) is 3. The first-order chi connectivity index (χ1) is 13.2. The number of amides is 2. The van der Waals surface area contributed by atoms with Crippen molar-refractivity contribution in [2.75, 3.05) is 28.6 Å². The van der Waals surface area contributed by atoms with E-state index >= 15 is 0 Å². The molecular weight excluding hydrogens is 336 g/mol. The van der Waals surface area contributed by atoms with Crippen molar-refractivity contribution in [2.24, 2.45) is 5.92 Å². The molecule has 5 nitrogen and oxygen atoms in total. The highest BCUT2D eigenvalue weighted by molar-refractivity contribution is 5.89. The van der Waals surface area contributed by atoms with Gasteiger partial charge in [0.05, 0.1) is 0 Å². The fourth-order valence-electron chi connectivity index (χ4n) is 3.41. The van der Waals surface area contributed by atoms with Gasteiger partial charge in [0, 0.05) is 41.9 Å². The molecule has 2 aromatic carbocycles. The Morgan fingerprint density at radius 3 is 2.00 bits per heavy atom. The molecule has 1 saturated carbocycles. The van der Waals surface area contributed by atoms with E-state index in [1.165, 1.54) is 18.5 Å². The molecule has 4 rings (SSSR count). The van der Waals surface area contributed by atoms with Crippen LogP contribution in [0.3, 0.4) is 0 Å². The molecule has 2 fully saturated rings. The van der Waals surface area contributed by atoms with Crippen molar-refractivity contribution in [2.45, 2.75) is 38.6 Å². The predicted molar refractivity (Wildman–Crippen MR) is 112 cm³/mol. The maximum absolute atomic E-state index is 11.8. The maximum atomic E-state index is 11.8. The largest absolute Gasteiger partial charge is 0.372 e. The van der Waals surface area contributed by atoms with E-state index in [0.29, 0.717) is 6.04 Å². The number of hydrogen-bond donors (Lipinski definition) is 3. The summed E-state index contributed by atoms with van der Waals surface area (Å²) in [5.74, 6) is 0.847. The summed E-state index contributed by atoms with van der Waals surface area (Å²) in [6.07, 6.45) is 4.73. The van der Waals surface area contributed by atoms with E-state index in [-0.39, 0.29) is 6.03 Å². The highest BCUT2D eigenvalue weighted by Gasteiger charge is 2.23. The fourth-order valence-corrected chi connectivity index (χ4v) is 3.41. The molecule has 0 aromatic heterocycles. The highest BCUT2D eigenvalue weighted by Crippen LogP contribution is 2.26. The Balaban J connectivity index is 1.31. The van der Waals surface area contributed by atoms with E-state index < -0.39 is 0 Å². The summed E-state index contributed by atoms with van der Waals surface area (Å²) < 4.78 is 0. The predicted octanol–water partition coefficient (Wildman–Crippen LogP) is 4.95. The van der Waals surface area contributed by atoms with Crippen molar-refractivity contribution in [3.8, 4) is 0 Å². The zero-order valence-electron chi connectivity index (χ0n) is 15.9. The summed E-state index contributed by atoms with van der Waals surface area (Å²) >= 11 is 0. The number of anilines is 4. The SMILES string of the molecule is CC1CCN(c2ccc(Nc3ccc(NC(=O)NC4CC4)cc3)cc2)CC1. The molecule has 5 heteroatoms. The molecule has 0 unspecified atom stereocenters. The molecule has 2 aromatic rings. The minimum absolute atomic E-state index is 0.124. The van der Waals surface area contributed by atoms with Gasteiger partial charge in [0.2, 0.25) is 0 Å². The second kappa shape index (κ2) is 7.91. The standard InChI is InChI=1S/C22H28N4O/c1-16-12-14-26(15-13-16)21-10-8-18(9-11-21)23-17-2-4-19(5-3-17)24-22(27)25-20-6-7-20/h2-5,8-11,16,20,23H,6-7,12-15H2,1H3,(H2,24,25,27). The molecule has 142 valence electrons. The lowest BCUT2D eigenvalue weighted by Crippen LogP contribution is -2.32. The van der Waals surface area contributed by atoms with E-state index in [1.807, 2.05) is 24.3 Å². The number of urea groups is 1. The number of piperidine rings is 1. The topological polar surface area (TPSA) is 56.4 Å². The van der Waals surface area contributed by atoms with Crippen LogP contribution in [0.1, 0.15) is 32.6 Å². The summed E-state index contributed by atoms with van der Waals surface area (Å²) in [6, 6.07) is 16.7. The smallest absolute Gasteiger partial charge is 0.319 e. The fraction of sp³-hybridized carbons (Fsp3) is 0.409. The van der Waals surface area contributed by atoms with Crippen LogP contribution in [-0.4, -0.2) is 25.2 Å². The van der Waals surface area contributed by atoms with Crippen LogP contribution in [-0.2, 0) is 0 Å². The van der Waals surface area contributed by atoms with Crippen LogP contribution in [0.4, 0.5) is 27.5 Å². The molecule has 3 N–H and O–H groups in total. The number of nitrogens with zero attached hydrogens (tertiary/aromatic N) is 1. The van der Waals surface area contributed by atoms with Gasteiger partial charge in [0.15, 0.2) is 0 Å². The Morgan fingerprint density at radius 2 is 1.41 bits per heavy atom. The number of hydrogen-bond acceptors (Lipinski definition) is 3. The van der Waals surface area contributed by atoms with E-state index in [4.69, 9.17) is 0 Å². The quantitative estimate of drug-likeness (QED) is 0.703. The molecule has 1 aliphatic carbocycles. The lowest BCUT2D eigenvalue weighted by molar-refractivity contribution is 0.251. The van der Waals surface area contributed by atoms with Crippen molar-refractivity contribution < 1.29 is 4.79 Å². The first-order valence-corrected chi connectivity index (χ1v) is 9.95. The van der Waals surface area contributed by atoms with E-state index in [9.17, 15) is 4.79 Å². The molecule has 2 aliphatic rings. The number of benzene rings is 2. The minimum atomic E-state index is -0.124. The van der Waals surface area contributed by atoms with Crippen molar-refractivity contribution in [1.29, 1.82) is 0 Å². The number of carbonyl (C=O) groups is 1. The summed E-state index contributed by atoms with van der Waals surface area (Å²) in [4.78, 5) is 14.2. The van der Waals surface area contributed by atoms with Gasteiger partial charge in [0.1, 0.15) is 0 Å². The zero-order valence-corrected chi connectivity index (χ0v) is 15.9. The molecule has 0 radical (unpaired) electrons. The lowest BCUT2D eigenvalue weighted by atomic mass is 9.99. The number of rotatable bonds is 5. The van der Waals surface area contributed by atoms with Gasteiger partial charge in [-0.25, -0.2) is 4.79 Å². The zero-order chi connectivity index (χ0) is 18.6. The Kier molecular flexibility index (Phi) is 5.19. The van der Waals surface area contributed by atoms with Crippen LogP contribution in [0.15, 0.2) is 48.5 Å². The van der Waals surface area contributed by atoms with Gasteiger partial charge in [-0.2, -0.15) is 0 Å². The number of carbonyl (C=O) groups excluding carboxylic acids is 1. The molecule has 0 spiro atoms. The van der Waals surface area contributed by atoms with Crippen LogP contribution in [0.25, 0.3) is 0 Å². The van der Waals surface area contributed by atoms with Crippen molar-refractivity contribution in [1.82, 2.24) is 5.32 Å². The van der Waals surface area contributed by atoms with E-state index in [2.05, 4.69) is 52.0 Å². The second-order valence-electron chi connectivity index (χ2n) is 7.79. The van der Waals surface area contributed by atoms with E-state index in [1.54, 1.807) is 0 Å². The maximum Gasteiger partial charge on any atom is 0.319 e. The molecule has 1 saturated heterocycles. The van der Waals surface area contributed by atoms with Gasteiger partial charge < -0.3 is 20.9 Å². The average Bonchev–Trinajstić information content (AvgIpc) is 3.49. The van der Waals surface area contributed by atoms with Crippen molar-refractivity contribution in [3.63, 3.8) is 0 Å². The molecular formula is C22H28N4O.